The summed E-state index contributed by atoms with van der Waals surface area (Å²) in [6, 6.07) is 0. The number of halogens is 1. The number of hydrogen-bond acceptors (Lipinski definition) is 5. The molecule has 7 heteroatoms. The quantitative estimate of drug-likeness (QED) is 0.763. The molecular weight excluding hydrogens is 254 g/mol. The molecule has 2 aromatic rings. The lowest BCUT2D eigenvalue weighted by Crippen LogP contribution is -2.42. The number of piperidine rings is 1. The van der Waals surface area contributed by atoms with Crippen molar-refractivity contribution in [2.24, 2.45) is 0 Å². The second-order valence-electron chi connectivity index (χ2n) is 4.90. The van der Waals surface area contributed by atoms with Crippen LogP contribution in [0, 0.1) is 0 Å². The number of H-pyrrole nitrogens is 1. The van der Waals surface area contributed by atoms with Gasteiger partial charge in [-0.25, -0.2) is 4.98 Å². The van der Waals surface area contributed by atoms with E-state index in [2.05, 4.69) is 24.8 Å². The van der Waals surface area contributed by atoms with E-state index in [1.54, 1.807) is 6.33 Å². The molecule has 3 rings (SSSR count). The Morgan fingerprint density at radius 3 is 2.83 bits per heavy atom. The summed E-state index contributed by atoms with van der Waals surface area (Å²) in [6.07, 6.45) is 3.01. The zero-order valence-electron chi connectivity index (χ0n) is 10.0. The number of fused-ring (bicyclic) bond motifs is 1. The Morgan fingerprint density at radius 2 is 2.11 bits per heavy atom. The summed E-state index contributed by atoms with van der Waals surface area (Å²) < 4.78 is 0. The van der Waals surface area contributed by atoms with Gasteiger partial charge < -0.3 is 15.0 Å². The average molecular weight is 268 g/mol. The molecule has 6 nitrogen and oxygen atoms in total. The number of hydrogen-bond donors (Lipinski definition) is 2. The standard InChI is InChI=1S/C11H14ClN5O/c1-11(18)2-4-17(5-3-11)9-7-8(14-6-13-7)15-10(12)16-9/h6,18H,2-5H2,1H3,(H,13,14,15,16). The molecule has 1 aliphatic heterocycles. The van der Waals surface area contributed by atoms with Gasteiger partial charge in [-0.05, 0) is 31.4 Å². The smallest absolute Gasteiger partial charge is 0.226 e. The van der Waals surface area contributed by atoms with Gasteiger partial charge in [-0.2, -0.15) is 9.97 Å². The SMILES string of the molecule is CC1(O)CCN(c2nc(Cl)nc3nc[nH]c23)CC1. The van der Waals surface area contributed by atoms with Crippen LogP contribution >= 0.6 is 11.6 Å². The third-order valence-corrected chi connectivity index (χ3v) is 3.55. The van der Waals surface area contributed by atoms with Crippen LogP contribution in [0.3, 0.4) is 0 Å². The van der Waals surface area contributed by atoms with Crippen LogP contribution < -0.4 is 4.90 Å². The van der Waals surface area contributed by atoms with Crippen LogP contribution in [-0.2, 0) is 0 Å². The van der Waals surface area contributed by atoms with E-state index in [4.69, 9.17) is 11.6 Å². The highest BCUT2D eigenvalue weighted by Crippen LogP contribution is 2.28. The first-order valence-electron chi connectivity index (χ1n) is 5.89. The Kier molecular flexibility index (Phi) is 2.64. The van der Waals surface area contributed by atoms with Gasteiger partial charge in [-0.1, -0.05) is 0 Å². The van der Waals surface area contributed by atoms with Crippen molar-refractivity contribution >= 4 is 28.6 Å². The second kappa shape index (κ2) is 4.07. The van der Waals surface area contributed by atoms with Crippen molar-refractivity contribution < 1.29 is 5.11 Å². The van der Waals surface area contributed by atoms with Gasteiger partial charge in [0.15, 0.2) is 11.5 Å². The maximum Gasteiger partial charge on any atom is 0.226 e. The average Bonchev–Trinajstić information content (AvgIpc) is 2.76. The minimum Gasteiger partial charge on any atom is -0.390 e. The lowest BCUT2D eigenvalue weighted by atomic mass is 9.94. The fourth-order valence-corrected chi connectivity index (χ4v) is 2.38. The van der Waals surface area contributed by atoms with E-state index in [0.29, 0.717) is 18.5 Å². The van der Waals surface area contributed by atoms with Gasteiger partial charge in [0.1, 0.15) is 5.52 Å². The molecule has 0 unspecified atom stereocenters. The van der Waals surface area contributed by atoms with Crippen LogP contribution in [0.25, 0.3) is 11.2 Å². The van der Waals surface area contributed by atoms with Crippen molar-refractivity contribution in [1.82, 2.24) is 19.9 Å². The number of imidazole rings is 1. The Bertz CT molecular complexity index is 572. The second-order valence-corrected chi connectivity index (χ2v) is 5.24. The zero-order valence-corrected chi connectivity index (χ0v) is 10.8. The van der Waals surface area contributed by atoms with Gasteiger partial charge in [-0.3, -0.25) is 0 Å². The highest BCUT2D eigenvalue weighted by molar-refractivity contribution is 6.28. The number of aromatic amines is 1. The first kappa shape index (κ1) is 11.7. The van der Waals surface area contributed by atoms with Crippen LogP contribution in [-0.4, -0.2) is 43.7 Å². The van der Waals surface area contributed by atoms with Gasteiger partial charge in [0, 0.05) is 13.1 Å². The predicted molar refractivity (Wildman–Crippen MR) is 68.8 cm³/mol. The number of nitrogens with zero attached hydrogens (tertiary/aromatic N) is 4. The van der Waals surface area contributed by atoms with Crippen molar-refractivity contribution in [3.63, 3.8) is 0 Å². The highest BCUT2D eigenvalue weighted by Gasteiger charge is 2.29. The molecule has 0 saturated carbocycles. The van der Waals surface area contributed by atoms with Gasteiger partial charge in [0.2, 0.25) is 5.28 Å². The molecule has 1 saturated heterocycles. The molecular formula is C11H14ClN5O. The Hall–Kier alpha value is -1.40. The third-order valence-electron chi connectivity index (χ3n) is 3.38. The van der Waals surface area contributed by atoms with E-state index in [1.807, 2.05) is 6.92 Å². The van der Waals surface area contributed by atoms with Crippen molar-refractivity contribution in [3.05, 3.63) is 11.6 Å². The Balaban J connectivity index is 1.97. The molecule has 0 amide bonds. The summed E-state index contributed by atoms with van der Waals surface area (Å²) in [6.45, 7) is 3.35. The minimum atomic E-state index is -0.583. The number of nitrogens with one attached hydrogen (secondary N) is 1. The summed E-state index contributed by atoms with van der Waals surface area (Å²) >= 11 is 5.90. The lowest BCUT2D eigenvalue weighted by Gasteiger charge is -2.36. The van der Waals surface area contributed by atoms with E-state index < -0.39 is 5.60 Å². The minimum absolute atomic E-state index is 0.196. The maximum absolute atomic E-state index is 9.96. The Labute approximate surface area is 109 Å². The van der Waals surface area contributed by atoms with Crippen LogP contribution in [0.5, 0.6) is 0 Å². The van der Waals surface area contributed by atoms with E-state index >= 15 is 0 Å². The molecule has 1 fully saturated rings. The van der Waals surface area contributed by atoms with Crippen molar-refractivity contribution in [3.8, 4) is 0 Å². The van der Waals surface area contributed by atoms with Crippen LogP contribution in [0.2, 0.25) is 5.28 Å². The summed E-state index contributed by atoms with van der Waals surface area (Å²) in [5.41, 5.74) is 0.781. The molecule has 0 aromatic carbocycles. The molecule has 2 N–H and O–H groups in total. The number of aliphatic hydroxyl groups is 1. The number of aromatic nitrogens is 4. The van der Waals surface area contributed by atoms with E-state index in [-0.39, 0.29) is 5.28 Å². The Morgan fingerprint density at radius 1 is 1.39 bits per heavy atom. The predicted octanol–water partition coefficient (Wildman–Crippen LogP) is 1.36. The molecule has 0 aliphatic carbocycles. The van der Waals surface area contributed by atoms with Crippen LogP contribution in [0.1, 0.15) is 19.8 Å². The van der Waals surface area contributed by atoms with Gasteiger partial charge in [-0.15, -0.1) is 0 Å². The molecule has 3 heterocycles. The van der Waals surface area contributed by atoms with Crippen molar-refractivity contribution in [2.75, 3.05) is 18.0 Å². The monoisotopic (exact) mass is 267 g/mol. The van der Waals surface area contributed by atoms with Crippen molar-refractivity contribution in [1.29, 1.82) is 0 Å². The zero-order chi connectivity index (χ0) is 12.8. The van der Waals surface area contributed by atoms with E-state index in [9.17, 15) is 5.11 Å². The highest BCUT2D eigenvalue weighted by atomic mass is 35.5. The molecule has 0 spiro atoms. The fraction of sp³-hybridized carbons (Fsp3) is 0.545. The van der Waals surface area contributed by atoms with Gasteiger partial charge in [0.05, 0.1) is 11.9 Å². The molecule has 18 heavy (non-hydrogen) atoms. The summed E-state index contributed by atoms with van der Waals surface area (Å²) in [5, 5.41) is 10.2. The fourth-order valence-electron chi connectivity index (χ4n) is 2.22. The largest absolute Gasteiger partial charge is 0.390 e. The lowest BCUT2D eigenvalue weighted by molar-refractivity contribution is 0.0350. The summed E-state index contributed by atoms with van der Waals surface area (Å²) in [7, 11) is 0. The maximum atomic E-state index is 9.96. The molecule has 0 radical (unpaired) electrons. The van der Waals surface area contributed by atoms with E-state index in [1.165, 1.54) is 0 Å². The molecule has 96 valence electrons. The first-order valence-corrected chi connectivity index (χ1v) is 6.27. The summed E-state index contributed by atoms with van der Waals surface area (Å²) in [5.74, 6) is 0.762. The number of rotatable bonds is 1. The van der Waals surface area contributed by atoms with E-state index in [0.717, 1.165) is 24.4 Å². The molecule has 1 aliphatic rings. The topological polar surface area (TPSA) is 77.9 Å². The van der Waals surface area contributed by atoms with Crippen LogP contribution in [0.4, 0.5) is 5.82 Å². The molecule has 2 aromatic heterocycles. The molecule has 0 bridgehead atoms. The first-order chi connectivity index (χ1) is 8.55. The van der Waals surface area contributed by atoms with Crippen LogP contribution in [0.15, 0.2) is 6.33 Å². The normalized spacial score (nSPS) is 19.4. The third kappa shape index (κ3) is 2.02. The van der Waals surface area contributed by atoms with Gasteiger partial charge in [0.25, 0.3) is 0 Å². The number of anilines is 1. The van der Waals surface area contributed by atoms with Crippen molar-refractivity contribution in [2.45, 2.75) is 25.4 Å². The van der Waals surface area contributed by atoms with Gasteiger partial charge >= 0.3 is 0 Å². The molecule has 0 atom stereocenters. The summed E-state index contributed by atoms with van der Waals surface area (Å²) in [4.78, 5) is 17.6.